The number of amides is 1. The van der Waals surface area contributed by atoms with E-state index in [2.05, 4.69) is 5.32 Å². The molecule has 0 bridgehead atoms. The molecule has 1 aromatic carbocycles. The molecule has 0 fully saturated rings. The molecule has 0 radical (unpaired) electrons. The highest BCUT2D eigenvalue weighted by atomic mass is 16.4. The Morgan fingerprint density at radius 1 is 1.13 bits per heavy atom. The van der Waals surface area contributed by atoms with Crippen LogP contribution in [-0.4, -0.2) is 17.9 Å². The molecule has 4 rings (SSSR count). The molecular weight excluding hydrogens is 386 g/mol. The zero-order chi connectivity index (χ0) is 21.4. The van der Waals surface area contributed by atoms with Gasteiger partial charge in [0.05, 0.1) is 24.0 Å². The van der Waals surface area contributed by atoms with Gasteiger partial charge in [0.2, 0.25) is 5.91 Å². The number of nitrogens with one attached hydrogen (secondary N) is 1. The summed E-state index contributed by atoms with van der Waals surface area (Å²) in [5.74, 6) is -0.885. The number of aliphatic carboxylic acids is 1. The van der Waals surface area contributed by atoms with E-state index >= 15 is 0 Å². The number of benzene rings is 1. The molecule has 1 aliphatic rings. The summed E-state index contributed by atoms with van der Waals surface area (Å²) in [5.41, 5.74) is 2.61. The van der Waals surface area contributed by atoms with Crippen LogP contribution in [-0.2, 0) is 28.9 Å². The van der Waals surface area contributed by atoms with E-state index in [1.54, 1.807) is 13.0 Å². The van der Waals surface area contributed by atoms with Gasteiger partial charge in [-0.05, 0) is 44.2 Å². The summed E-state index contributed by atoms with van der Waals surface area (Å²) in [6, 6.07) is 2.64. The Morgan fingerprint density at radius 2 is 1.87 bits per heavy atom. The van der Waals surface area contributed by atoms with Gasteiger partial charge in [0.15, 0.2) is 0 Å². The van der Waals surface area contributed by atoms with Crippen molar-refractivity contribution >= 4 is 33.8 Å². The van der Waals surface area contributed by atoms with Gasteiger partial charge in [-0.25, -0.2) is 4.79 Å². The molecule has 2 aromatic heterocycles. The van der Waals surface area contributed by atoms with Gasteiger partial charge in [0, 0.05) is 28.8 Å². The third-order valence-corrected chi connectivity index (χ3v) is 5.90. The summed E-state index contributed by atoms with van der Waals surface area (Å²) >= 11 is 0. The van der Waals surface area contributed by atoms with Crippen LogP contribution in [0.1, 0.15) is 55.1 Å². The molecule has 30 heavy (non-hydrogen) atoms. The fourth-order valence-corrected chi connectivity index (χ4v) is 4.29. The maximum Gasteiger partial charge on any atom is 0.340 e. The van der Waals surface area contributed by atoms with Crippen molar-refractivity contribution in [3.63, 3.8) is 0 Å². The molecule has 0 spiro atoms. The molecule has 2 heterocycles. The van der Waals surface area contributed by atoms with Gasteiger partial charge in [-0.15, -0.1) is 0 Å². The van der Waals surface area contributed by atoms with Gasteiger partial charge in [-0.1, -0.05) is 13.3 Å². The normalized spacial score (nSPS) is 14.6. The first kappa shape index (κ1) is 20.2. The number of carboxylic acids is 1. The first-order valence-corrected chi connectivity index (χ1v) is 10.4. The first-order chi connectivity index (χ1) is 14.4. The van der Waals surface area contributed by atoms with Crippen molar-refractivity contribution in [1.82, 2.24) is 5.32 Å². The van der Waals surface area contributed by atoms with Crippen LogP contribution in [0.5, 0.6) is 0 Å². The number of aryl methyl sites for hydroxylation is 3. The van der Waals surface area contributed by atoms with Gasteiger partial charge in [0.25, 0.3) is 0 Å². The van der Waals surface area contributed by atoms with E-state index in [4.69, 9.17) is 8.83 Å². The number of hydrogen-bond acceptors (Lipinski definition) is 6. The van der Waals surface area contributed by atoms with Gasteiger partial charge in [-0.2, -0.15) is 0 Å². The predicted molar refractivity (Wildman–Crippen MR) is 109 cm³/mol. The number of furan rings is 1. The molecule has 1 aliphatic carbocycles. The summed E-state index contributed by atoms with van der Waals surface area (Å²) < 4.78 is 11.5. The summed E-state index contributed by atoms with van der Waals surface area (Å²) in [6.07, 6.45) is 4.69. The highest BCUT2D eigenvalue weighted by molar-refractivity contribution is 5.97. The number of carboxylic acid groups (broad SMARTS) is 1. The van der Waals surface area contributed by atoms with E-state index in [0.29, 0.717) is 23.2 Å². The van der Waals surface area contributed by atoms with Crippen LogP contribution >= 0.6 is 0 Å². The van der Waals surface area contributed by atoms with E-state index in [1.807, 2.05) is 13.0 Å². The van der Waals surface area contributed by atoms with Crippen molar-refractivity contribution in [2.24, 2.45) is 0 Å². The molecule has 0 saturated carbocycles. The minimum Gasteiger partial charge on any atom is -0.548 e. The Bertz CT molecular complexity index is 1200. The SMILES string of the molecule is CCC[C@@H](NC(=O)Cc1c(C)c2cc3c4c(oc3cc2oc1=O)CCCC4)C(=O)[O-]. The van der Waals surface area contributed by atoms with Gasteiger partial charge in [0.1, 0.15) is 16.9 Å². The van der Waals surface area contributed by atoms with Crippen molar-refractivity contribution < 1.29 is 23.5 Å². The smallest absolute Gasteiger partial charge is 0.340 e. The van der Waals surface area contributed by atoms with Crippen LogP contribution in [0.2, 0.25) is 0 Å². The summed E-state index contributed by atoms with van der Waals surface area (Å²) in [4.78, 5) is 36.2. The molecule has 7 heteroatoms. The predicted octanol–water partition coefficient (Wildman–Crippen LogP) is 2.30. The van der Waals surface area contributed by atoms with E-state index in [1.165, 1.54) is 5.56 Å². The number of carbonyl (C=O) groups is 2. The van der Waals surface area contributed by atoms with E-state index < -0.39 is 23.5 Å². The maximum atomic E-state index is 12.6. The Morgan fingerprint density at radius 3 is 2.60 bits per heavy atom. The zero-order valence-electron chi connectivity index (χ0n) is 17.1. The highest BCUT2D eigenvalue weighted by Gasteiger charge is 2.22. The van der Waals surface area contributed by atoms with E-state index in [-0.39, 0.29) is 18.4 Å². The second kappa shape index (κ2) is 7.97. The third-order valence-electron chi connectivity index (χ3n) is 5.90. The summed E-state index contributed by atoms with van der Waals surface area (Å²) in [5, 5.41) is 15.4. The van der Waals surface area contributed by atoms with E-state index in [9.17, 15) is 19.5 Å². The molecular formula is C23H24NO6-. The Kier molecular flexibility index (Phi) is 5.37. The minimum absolute atomic E-state index is 0.227. The largest absolute Gasteiger partial charge is 0.548 e. The van der Waals surface area contributed by atoms with Crippen LogP contribution in [0.15, 0.2) is 25.8 Å². The van der Waals surface area contributed by atoms with Crippen LogP contribution in [0, 0.1) is 6.92 Å². The lowest BCUT2D eigenvalue weighted by molar-refractivity contribution is -0.308. The second-order valence-electron chi connectivity index (χ2n) is 7.95. The van der Waals surface area contributed by atoms with Gasteiger partial charge < -0.3 is 24.1 Å². The molecule has 7 nitrogen and oxygen atoms in total. The van der Waals surface area contributed by atoms with E-state index in [0.717, 1.165) is 42.2 Å². The number of fused-ring (bicyclic) bond motifs is 4. The lowest BCUT2D eigenvalue weighted by atomic mass is 9.94. The maximum absolute atomic E-state index is 12.6. The monoisotopic (exact) mass is 410 g/mol. The molecule has 0 saturated heterocycles. The lowest BCUT2D eigenvalue weighted by Gasteiger charge is -2.19. The molecule has 0 aliphatic heterocycles. The molecule has 3 aromatic rings. The second-order valence-corrected chi connectivity index (χ2v) is 7.95. The number of rotatable bonds is 6. The first-order valence-electron chi connectivity index (χ1n) is 10.4. The van der Waals surface area contributed by atoms with Crippen molar-refractivity contribution in [1.29, 1.82) is 0 Å². The average Bonchev–Trinajstić information content (AvgIpc) is 3.07. The molecule has 1 N–H and O–H groups in total. The third kappa shape index (κ3) is 3.60. The van der Waals surface area contributed by atoms with Crippen LogP contribution in [0.4, 0.5) is 0 Å². The Labute approximate surface area is 173 Å². The van der Waals surface area contributed by atoms with Gasteiger partial charge in [-0.3, -0.25) is 4.79 Å². The van der Waals surface area contributed by atoms with Crippen molar-refractivity contribution in [2.75, 3.05) is 0 Å². The number of carbonyl (C=O) groups excluding carboxylic acids is 2. The molecule has 1 amide bonds. The van der Waals surface area contributed by atoms with Crippen molar-refractivity contribution in [3.05, 3.63) is 45.0 Å². The average molecular weight is 410 g/mol. The summed E-state index contributed by atoms with van der Waals surface area (Å²) in [6.45, 7) is 3.60. The van der Waals surface area contributed by atoms with Gasteiger partial charge >= 0.3 is 5.63 Å². The Balaban J connectivity index is 1.72. The lowest BCUT2D eigenvalue weighted by Crippen LogP contribution is -2.48. The number of hydrogen-bond donors (Lipinski definition) is 1. The topological polar surface area (TPSA) is 113 Å². The van der Waals surface area contributed by atoms with Crippen LogP contribution in [0.25, 0.3) is 21.9 Å². The molecule has 0 unspecified atom stereocenters. The Hall–Kier alpha value is -3.09. The van der Waals surface area contributed by atoms with Crippen LogP contribution in [0.3, 0.4) is 0 Å². The fourth-order valence-electron chi connectivity index (χ4n) is 4.29. The van der Waals surface area contributed by atoms with Crippen molar-refractivity contribution in [3.8, 4) is 0 Å². The fraction of sp³-hybridized carbons (Fsp3) is 0.435. The zero-order valence-corrected chi connectivity index (χ0v) is 17.1. The van der Waals surface area contributed by atoms with Crippen molar-refractivity contribution in [2.45, 2.75) is 64.8 Å². The minimum atomic E-state index is -1.33. The summed E-state index contributed by atoms with van der Waals surface area (Å²) in [7, 11) is 0. The quantitative estimate of drug-likeness (QED) is 0.624. The van der Waals surface area contributed by atoms with Crippen LogP contribution < -0.4 is 16.0 Å². The highest BCUT2D eigenvalue weighted by Crippen LogP contribution is 2.35. The molecule has 158 valence electrons. The molecule has 1 atom stereocenters. The standard InChI is InChI=1S/C23H25NO6/c1-3-6-17(22(26)27)24-21(25)10-15-12(2)14-9-16-13-7-4-5-8-18(13)29-20(16)11-19(14)30-23(15)28/h9,11,17H,3-8,10H2,1-2H3,(H,24,25)(H,26,27)/p-1/t17-/m1/s1.